The number of halogens is 1. The smallest absolute Gasteiger partial charge is 0.313 e. The molecule has 2 aliphatic rings. The lowest BCUT2D eigenvalue weighted by atomic mass is 9.57. The maximum absolute atomic E-state index is 12.5. The number of nitrogens with one attached hydrogen (secondary N) is 1. The summed E-state index contributed by atoms with van der Waals surface area (Å²) in [4.78, 5) is 26.3. The van der Waals surface area contributed by atoms with Crippen LogP contribution in [0.3, 0.4) is 0 Å². The van der Waals surface area contributed by atoms with E-state index in [9.17, 15) is 9.59 Å². The van der Waals surface area contributed by atoms with Gasteiger partial charge in [-0.2, -0.15) is 0 Å². The maximum Gasteiger partial charge on any atom is 0.313 e. The van der Waals surface area contributed by atoms with Gasteiger partial charge in [-0.05, 0) is 24.6 Å². The van der Waals surface area contributed by atoms with Crippen molar-refractivity contribution in [2.45, 2.75) is 32.4 Å². The van der Waals surface area contributed by atoms with Crippen molar-refractivity contribution in [2.75, 3.05) is 19.0 Å². The summed E-state index contributed by atoms with van der Waals surface area (Å²) in [5.41, 5.74) is 0.376. The van der Waals surface area contributed by atoms with E-state index in [-0.39, 0.29) is 17.6 Å². The zero-order chi connectivity index (χ0) is 16.8. The van der Waals surface area contributed by atoms with Crippen molar-refractivity contribution in [2.24, 2.45) is 11.3 Å². The van der Waals surface area contributed by atoms with Crippen LogP contribution in [0.2, 0.25) is 5.02 Å². The number of ether oxygens (including phenoxy) is 1. The Bertz CT molecular complexity index is 646. The second kappa shape index (κ2) is 5.80. The molecule has 1 aromatic carbocycles. The van der Waals surface area contributed by atoms with Crippen LogP contribution in [0.5, 0.6) is 0 Å². The number of likely N-dealkylation sites (N-methyl/N-ethyl adjacent to an activating group) is 1. The molecule has 0 bridgehead atoms. The molecular formula is C17H21ClN2O3. The van der Waals surface area contributed by atoms with E-state index < -0.39 is 11.8 Å². The van der Waals surface area contributed by atoms with Crippen LogP contribution in [0.1, 0.15) is 20.3 Å². The molecule has 3 rings (SSSR count). The highest BCUT2D eigenvalue weighted by atomic mass is 35.5. The zero-order valence-corrected chi connectivity index (χ0v) is 14.3. The monoisotopic (exact) mass is 336 g/mol. The molecule has 1 saturated heterocycles. The first-order valence-corrected chi connectivity index (χ1v) is 8.15. The van der Waals surface area contributed by atoms with E-state index in [1.807, 2.05) is 0 Å². The normalized spacial score (nSPS) is 27.7. The van der Waals surface area contributed by atoms with Crippen LogP contribution in [0.4, 0.5) is 5.69 Å². The van der Waals surface area contributed by atoms with Gasteiger partial charge in [-0.15, -0.1) is 0 Å². The molecule has 2 amide bonds. The fourth-order valence-electron chi connectivity index (χ4n) is 4.12. The summed E-state index contributed by atoms with van der Waals surface area (Å²) in [5.74, 6) is -0.862. The summed E-state index contributed by atoms with van der Waals surface area (Å²) in [6.45, 7) is 4.90. The number of carbonyl (C=O) groups is 2. The van der Waals surface area contributed by atoms with Gasteiger partial charge in [0.1, 0.15) is 0 Å². The highest BCUT2D eigenvalue weighted by molar-refractivity contribution is 6.39. The van der Waals surface area contributed by atoms with Crippen molar-refractivity contribution >= 4 is 29.1 Å². The second-order valence-electron chi connectivity index (χ2n) is 6.89. The third kappa shape index (κ3) is 2.72. The molecule has 3 atom stereocenters. The zero-order valence-electron chi connectivity index (χ0n) is 13.5. The molecule has 1 saturated carbocycles. The summed E-state index contributed by atoms with van der Waals surface area (Å²) < 4.78 is 5.74. The van der Waals surface area contributed by atoms with E-state index in [2.05, 4.69) is 19.2 Å². The number of nitrogens with zero attached hydrogens (tertiary/aromatic N) is 1. The van der Waals surface area contributed by atoms with E-state index in [1.54, 1.807) is 36.2 Å². The first-order valence-electron chi connectivity index (χ1n) is 7.77. The predicted octanol–water partition coefficient (Wildman–Crippen LogP) is 2.55. The minimum absolute atomic E-state index is 0.0209. The van der Waals surface area contributed by atoms with Crippen LogP contribution < -0.4 is 5.32 Å². The number of hydrogen-bond donors (Lipinski definition) is 1. The van der Waals surface area contributed by atoms with Crippen molar-refractivity contribution in [1.82, 2.24) is 4.90 Å². The molecule has 1 aliphatic heterocycles. The molecule has 124 valence electrons. The molecule has 1 N–H and O–H groups in total. The first kappa shape index (κ1) is 16.3. The summed E-state index contributed by atoms with van der Waals surface area (Å²) in [6, 6.07) is 6.77. The maximum atomic E-state index is 12.5. The van der Waals surface area contributed by atoms with Gasteiger partial charge < -0.3 is 15.0 Å². The predicted molar refractivity (Wildman–Crippen MR) is 88.3 cm³/mol. The number of carbonyl (C=O) groups excluding carboxylic acids is 2. The Morgan fingerprint density at radius 1 is 1.39 bits per heavy atom. The Kier molecular flexibility index (Phi) is 4.10. The van der Waals surface area contributed by atoms with Crippen molar-refractivity contribution in [3.8, 4) is 0 Å². The summed E-state index contributed by atoms with van der Waals surface area (Å²) in [6.07, 6.45) is 1.12. The van der Waals surface area contributed by atoms with Gasteiger partial charge in [0.15, 0.2) is 0 Å². The van der Waals surface area contributed by atoms with Crippen LogP contribution in [0.25, 0.3) is 0 Å². The van der Waals surface area contributed by atoms with Gasteiger partial charge in [0.05, 0.1) is 6.10 Å². The molecule has 0 radical (unpaired) electrons. The van der Waals surface area contributed by atoms with Gasteiger partial charge in [0.25, 0.3) is 0 Å². The van der Waals surface area contributed by atoms with Crippen LogP contribution in [-0.4, -0.2) is 42.5 Å². The van der Waals surface area contributed by atoms with Gasteiger partial charge in [-0.1, -0.05) is 31.5 Å². The number of benzene rings is 1. The standard InChI is InChI=1S/C17H21ClN2O3/c1-17(2)13(12-7-8-23-14(12)17)20(3)16(22)15(21)19-11-6-4-5-10(18)9-11/h4-6,9,12-14H,7-8H2,1-3H3,(H,19,21)/t12-,13+,14-/m0/s1. The summed E-state index contributed by atoms with van der Waals surface area (Å²) >= 11 is 5.89. The Labute approximate surface area is 140 Å². The SMILES string of the molecule is CN(C(=O)C(=O)Nc1cccc(Cl)c1)[C@@H]1[C@@H]2CCO[C@@H]2C1(C)C. The fourth-order valence-corrected chi connectivity index (χ4v) is 4.31. The molecule has 23 heavy (non-hydrogen) atoms. The van der Waals surface area contributed by atoms with Crippen molar-refractivity contribution in [3.05, 3.63) is 29.3 Å². The van der Waals surface area contributed by atoms with E-state index in [4.69, 9.17) is 16.3 Å². The Morgan fingerprint density at radius 3 is 2.83 bits per heavy atom. The average Bonchev–Trinajstić information content (AvgIpc) is 2.92. The first-order chi connectivity index (χ1) is 10.8. The highest BCUT2D eigenvalue weighted by Crippen LogP contribution is 2.54. The quantitative estimate of drug-likeness (QED) is 0.844. The van der Waals surface area contributed by atoms with Crippen molar-refractivity contribution < 1.29 is 14.3 Å². The highest BCUT2D eigenvalue weighted by Gasteiger charge is 2.61. The van der Waals surface area contributed by atoms with Crippen LogP contribution in [0, 0.1) is 11.3 Å². The number of hydrogen-bond acceptors (Lipinski definition) is 3. The molecule has 6 heteroatoms. The molecule has 1 aliphatic carbocycles. The Hall–Kier alpha value is -1.59. The Balaban J connectivity index is 1.69. The molecule has 1 aromatic rings. The lowest BCUT2D eigenvalue weighted by Gasteiger charge is -2.57. The van der Waals surface area contributed by atoms with E-state index in [1.165, 1.54) is 0 Å². The van der Waals surface area contributed by atoms with Crippen LogP contribution in [-0.2, 0) is 14.3 Å². The average molecular weight is 337 g/mol. The number of rotatable bonds is 2. The van der Waals surface area contributed by atoms with Gasteiger partial charge in [0.2, 0.25) is 0 Å². The van der Waals surface area contributed by atoms with E-state index in [0.29, 0.717) is 16.6 Å². The van der Waals surface area contributed by atoms with Crippen LogP contribution in [0.15, 0.2) is 24.3 Å². The summed E-state index contributed by atoms with van der Waals surface area (Å²) in [7, 11) is 1.70. The molecular weight excluding hydrogens is 316 g/mol. The largest absolute Gasteiger partial charge is 0.377 e. The van der Waals surface area contributed by atoms with Gasteiger partial charge >= 0.3 is 11.8 Å². The molecule has 2 fully saturated rings. The number of amides is 2. The van der Waals surface area contributed by atoms with Crippen molar-refractivity contribution in [1.29, 1.82) is 0 Å². The van der Waals surface area contributed by atoms with Crippen molar-refractivity contribution in [3.63, 3.8) is 0 Å². The van der Waals surface area contributed by atoms with Crippen LogP contribution >= 0.6 is 11.6 Å². The molecule has 0 spiro atoms. The lowest BCUT2D eigenvalue weighted by Crippen LogP contribution is -2.67. The van der Waals surface area contributed by atoms with E-state index >= 15 is 0 Å². The third-order valence-electron chi connectivity index (χ3n) is 5.05. The molecule has 1 heterocycles. The minimum atomic E-state index is -0.645. The van der Waals surface area contributed by atoms with E-state index in [0.717, 1.165) is 13.0 Å². The molecule has 0 unspecified atom stereocenters. The number of fused-ring (bicyclic) bond motifs is 1. The summed E-state index contributed by atoms with van der Waals surface area (Å²) in [5, 5.41) is 3.12. The topological polar surface area (TPSA) is 58.6 Å². The fraction of sp³-hybridized carbons (Fsp3) is 0.529. The van der Waals surface area contributed by atoms with Gasteiger partial charge in [-0.3, -0.25) is 9.59 Å². The Morgan fingerprint density at radius 2 is 2.13 bits per heavy atom. The molecule has 0 aromatic heterocycles. The van der Waals surface area contributed by atoms with Gasteiger partial charge in [-0.25, -0.2) is 0 Å². The molecule has 5 nitrogen and oxygen atoms in total. The van der Waals surface area contributed by atoms with Gasteiger partial charge in [0, 0.05) is 41.7 Å². The number of anilines is 1. The third-order valence-corrected chi connectivity index (χ3v) is 5.29. The second-order valence-corrected chi connectivity index (χ2v) is 7.33. The lowest BCUT2D eigenvalue weighted by molar-refractivity contribution is -0.169. The minimum Gasteiger partial charge on any atom is -0.377 e.